The van der Waals surface area contributed by atoms with E-state index in [1.165, 1.54) is 19.3 Å². The Hall–Kier alpha value is -0.590. The van der Waals surface area contributed by atoms with Gasteiger partial charge in [-0.05, 0) is 31.1 Å². The number of hydrogen-bond acceptors (Lipinski definition) is 3. The van der Waals surface area contributed by atoms with Crippen molar-refractivity contribution in [2.45, 2.75) is 44.7 Å². The molecule has 84 valence electrons. The lowest BCUT2D eigenvalue weighted by Gasteiger charge is -2.29. The summed E-state index contributed by atoms with van der Waals surface area (Å²) in [6.45, 7) is 4.25. The van der Waals surface area contributed by atoms with Crippen LogP contribution in [0.2, 0.25) is 0 Å². The minimum atomic E-state index is 0.114. The number of hydrogen-bond donors (Lipinski definition) is 1. The molecule has 2 aliphatic rings. The van der Waals surface area contributed by atoms with E-state index in [1.807, 2.05) is 0 Å². The average molecular weight is 207 g/mol. The predicted octanol–water partition coefficient (Wildman–Crippen LogP) is 1.35. The molecular weight excluding hydrogens is 186 g/mol. The monoisotopic (exact) mass is 207 g/mol. The van der Waals surface area contributed by atoms with E-state index < -0.39 is 0 Å². The van der Waals surface area contributed by atoms with Gasteiger partial charge in [0.15, 0.2) is 0 Å². The molecule has 0 bridgehead atoms. The maximum Gasteiger partial charge on any atom is 0.0975 e. The first-order valence-electron chi connectivity index (χ1n) is 6.15. The molecule has 1 aliphatic heterocycles. The maximum atomic E-state index is 9.06. The molecule has 0 amide bonds. The number of nitrogens with zero attached hydrogens (tertiary/aromatic N) is 2. The van der Waals surface area contributed by atoms with E-state index in [0.717, 1.165) is 25.4 Å². The highest BCUT2D eigenvalue weighted by Crippen LogP contribution is 2.36. The van der Waals surface area contributed by atoms with Crippen molar-refractivity contribution >= 4 is 0 Å². The fourth-order valence-corrected chi connectivity index (χ4v) is 3.24. The van der Waals surface area contributed by atoms with E-state index in [1.54, 1.807) is 0 Å². The molecule has 0 aromatic carbocycles. The van der Waals surface area contributed by atoms with Gasteiger partial charge in [0.1, 0.15) is 0 Å². The van der Waals surface area contributed by atoms with Crippen LogP contribution in [0.4, 0.5) is 0 Å². The van der Waals surface area contributed by atoms with Crippen LogP contribution in [0.3, 0.4) is 0 Å². The van der Waals surface area contributed by atoms with Crippen LogP contribution in [0.1, 0.15) is 32.6 Å². The molecule has 0 aromatic heterocycles. The summed E-state index contributed by atoms with van der Waals surface area (Å²) < 4.78 is 0. The average Bonchev–Trinajstić information content (AvgIpc) is 2.65. The highest BCUT2D eigenvalue weighted by molar-refractivity contribution is 5.00. The fourth-order valence-electron chi connectivity index (χ4n) is 3.24. The summed E-state index contributed by atoms with van der Waals surface area (Å²) in [7, 11) is 0. The van der Waals surface area contributed by atoms with Crippen molar-refractivity contribution in [1.29, 1.82) is 5.26 Å². The van der Waals surface area contributed by atoms with Crippen LogP contribution in [0.25, 0.3) is 0 Å². The van der Waals surface area contributed by atoms with Crippen molar-refractivity contribution in [3.8, 4) is 6.07 Å². The molecule has 0 radical (unpaired) electrons. The van der Waals surface area contributed by atoms with E-state index >= 15 is 0 Å². The standard InChI is InChI=1S/C12H21N3/c1-2-10(6-13)15-7-9-4-3-5-12(14)11(9)8-15/h9-12H,2-5,7-8,14H2,1H3. The van der Waals surface area contributed by atoms with E-state index in [9.17, 15) is 0 Å². The summed E-state index contributed by atoms with van der Waals surface area (Å²) in [5.41, 5.74) is 6.16. The zero-order valence-corrected chi connectivity index (χ0v) is 9.52. The highest BCUT2D eigenvalue weighted by Gasteiger charge is 2.40. The van der Waals surface area contributed by atoms with Crippen molar-refractivity contribution in [3.63, 3.8) is 0 Å². The molecule has 0 spiro atoms. The Kier molecular flexibility index (Phi) is 3.28. The number of fused-ring (bicyclic) bond motifs is 1. The maximum absolute atomic E-state index is 9.06. The van der Waals surface area contributed by atoms with Gasteiger partial charge in [0.2, 0.25) is 0 Å². The molecule has 2 fully saturated rings. The van der Waals surface area contributed by atoms with E-state index in [4.69, 9.17) is 11.0 Å². The molecular formula is C12H21N3. The first kappa shape index (κ1) is 10.9. The molecule has 1 aliphatic carbocycles. The van der Waals surface area contributed by atoms with Crippen LogP contribution >= 0.6 is 0 Å². The second kappa shape index (κ2) is 4.51. The zero-order valence-electron chi connectivity index (χ0n) is 9.52. The lowest BCUT2D eigenvalue weighted by atomic mass is 9.78. The Labute approximate surface area is 92.2 Å². The van der Waals surface area contributed by atoms with Gasteiger partial charge in [0.05, 0.1) is 12.1 Å². The van der Waals surface area contributed by atoms with E-state index in [0.29, 0.717) is 12.0 Å². The summed E-state index contributed by atoms with van der Waals surface area (Å²) in [6.07, 6.45) is 4.71. The molecule has 1 heterocycles. The predicted molar refractivity (Wildman–Crippen MR) is 60.1 cm³/mol. The van der Waals surface area contributed by atoms with Gasteiger partial charge in [-0.25, -0.2) is 0 Å². The number of rotatable bonds is 2. The first-order chi connectivity index (χ1) is 7.26. The Balaban J connectivity index is 2.01. The summed E-state index contributed by atoms with van der Waals surface area (Å²) in [4.78, 5) is 2.35. The van der Waals surface area contributed by atoms with Crippen molar-refractivity contribution in [2.75, 3.05) is 13.1 Å². The van der Waals surface area contributed by atoms with Crippen LogP contribution in [0.5, 0.6) is 0 Å². The van der Waals surface area contributed by atoms with Crippen LogP contribution in [0, 0.1) is 23.2 Å². The number of nitriles is 1. The van der Waals surface area contributed by atoms with Gasteiger partial charge >= 0.3 is 0 Å². The van der Waals surface area contributed by atoms with Gasteiger partial charge in [-0.15, -0.1) is 0 Å². The summed E-state index contributed by atoms with van der Waals surface area (Å²) in [5, 5.41) is 9.06. The third kappa shape index (κ3) is 2.02. The molecule has 3 heteroatoms. The van der Waals surface area contributed by atoms with Crippen LogP contribution in [-0.2, 0) is 0 Å². The smallest absolute Gasteiger partial charge is 0.0975 e. The molecule has 4 atom stereocenters. The van der Waals surface area contributed by atoms with E-state index in [2.05, 4.69) is 17.9 Å². The lowest BCUT2D eigenvalue weighted by molar-refractivity contribution is 0.256. The van der Waals surface area contributed by atoms with Gasteiger partial charge in [0, 0.05) is 19.1 Å². The fraction of sp³-hybridized carbons (Fsp3) is 0.917. The quantitative estimate of drug-likeness (QED) is 0.743. The van der Waals surface area contributed by atoms with Crippen LogP contribution in [0.15, 0.2) is 0 Å². The van der Waals surface area contributed by atoms with Crippen LogP contribution < -0.4 is 5.73 Å². The van der Waals surface area contributed by atoms with E-state index in [-0.39, 0.29) is 6.04 Å². The van der Waals surface area contributed by atoms with Crippen LogP contribution in [-0.4, -0.2) is 30.1 Å². The molecule has 2 rings (SSSR count). The molecule has 0 aromatic rings. The normalized spacial score (nSPS) is 38.3. The molecule has 1 saturated heterocycles. The Morgan fingerprint density at radius 1 is 1.47 bits per heavy atom. The molecule has 15 heavy (non-hydrogen) atoms. The SMILES string of the molecule is CCC(C#N)N1CC2CCCC(N)C2C1. The number of likely N-dealkylation sites (tertiary alicyclic amines) is 1. The minimum Gasteiger partial charge on any atom is -0.327 e. The summed E-state index contributed by atoms with van der Waals surface area (Å²) in [5.74, 6) is 1.41. The van der Waals surface area contributed by atoms with Gasteiger partial charge in [-0.3, -0.25) is 4.90 Å². The minimum absolute atomic E-state index is 0.114. The van der Waals surface area contributed by atoms with Crippen molar-refractivity contribution in [3.05, 3.63) is 0 Å². The molecule has 1 saturated carbocycles. The lowest BCUT2D eigenvalue weighted by Crippen LogP contribution is -2.38. The molecule has 3 nitrogen and oxygen atoms in total. The largest absolute Gasteiger partial charge is 0.327 e. The van der Waals surface area contributed by atoms with Crippen molar-refractivity contribution in [2.24, 2.45) is 17.6 Å². The third-order valence-corrected chi connectivity index (χ3v) is 4.16. The van der Waals surface area contributed by atoms with Gasteiger partial charge < -0.3 is 5.73 Å². The van der Waals surface area contributed by atoms with Gasteiger partial charge in [0.25, 0.3) is 0 Å². The third-order valence-electron chi connectivity index (χ3n) is 4.16. The Bertz CT molecular complexity index is 258. The Morgan fingerprint density at radius 2 is 2.27 bits per heavy atom. The zero-order chi connectivity index (χ0) is 10.8. The van der Waals surface area contributed by atoms with Gasteiger partial charge in [-0.1, -0.05) is 13.3 Å². The second-order valence-electron chi connectivity index (χ2n) is 5.03. The summed E-state index contributed by atoms with van der Waals surface area (Å²) >= 11 is 0. The topological polar surface area (TPSA) is 53.0 Å². The highest BCUT2D eigenvalue weighted by atomic mass is 15.2. The summed E-state index contributed by atoms with van der Waals surface area (Å²) in [6, 6.07) is 2.90. The second-order valence-corrected chi connectivity index (χ2v) is 5.03. The number of nitrogens with two attached hydrogens (primary N) is 1. The van der Waals surface area contributed by atoms with Crippen molar-refractivity contribution in [1.82, 2.24) is 4.90 Å². The van der Waals surface area contributed by atoms with Gasteiger partial charge in [-0.2, -0.15) is 5.26 Å². The van der Waals surface area contributed by atoms with Crippen molar-refractivity contribution < 1.29 is 0 Å². The molecule has 4 unspecified atom stereocenters. The Morgan fingerprint density at radius 3 is 2.87 bits per heavy atom. The molecule has 2 N–H and O–H groups in total. The first-order valence-corrected chi connectivity index (χ1v) is 6.15.